The molecule has 0 heterocycles. The molecule has 1 aliphatic carbocycles. The molecular weight excluding hydrogens is 491 g/mol. The zero-order chi connectivity index (χ0) is 25.3. The van der Waals surface area contributed by atoms with Crippen LogP contribution in [-0.4, -0.2) is 28.8 Å². The molecule has 3 aromatic carbocycles. The van der Waals surface area contributed by atoms with Crippen molar-refractivity contribution in [2.45, 2.75) is 63.6 Å². The SMILES string of the molecule is O=C(NC1CCCCC1)C(Cc1ccccc1)N(Cc1ccccc1)C(=O)Cc1c(Cl)cccc1Cl. The first kappa shape index (κ1) is 26.2. The van der Waals surface area contributed by atoms with E-state index in [2.05, 4.69) is 5.32 Å². The van der Waals surface area contributed by atoms with Gasteiger partial charge in [0.2, 0.25) is 11.8 Å². The van der Waals surface area contributed by atoms with E-state index in [9.17, 15) is 9.59 Å². The van der Waals surface area contributed by atoms with E-state index in [1.165, 1.54) is 6.42 Å². The van der Waals surface area contributed by atoms with Crippen LogP contribution in [0.5, 0.6) is 0 Å². The van der Waals surface area contributed by atoms with Gasteiger partial charge in [0, 0.05) is 29.1 Å². The van der Waals surface area contributed by atoms with Crippen molar-refractivity contribution in [1.29, 1.82) is 0 Å². The van der Waals surface area contributed by atoms with Gasteiger partial charge in [-0.3, -0.25) is 9.59 Å². The molecule has 4 nitrogen and oxygen atoms in total. The topological polar surface area (TPSA) is 49.4 Å². The summed E-state index contributed by atoms with van der Waals surface area (Å²) < 4.78 is 0. The molecule has 0 aromatic heterocycles. The fraction of sp³-hybridized carbons (Fsp3) is 0.333. The quantitative estimate of drug-likeness (QED) is 0.343. The average molecular weight is 524 g/mol. The fourth-order valence-corrected chi connectivity index (χ4v) is 5.36. The Kier molecular flexibility index (Phi) is 9.43. The summed E-state index contributed by atoms with van der Waals surface area (Å²) >= 11 is 12.8. The Morgan fingerprint density at radius 2 is 1.39 bits per heavy atom. The number of rotatable bonds is 9. The molecule has 1 fully saturated rings. The number of hydrogen-bond donors (Lipinski definition) is 1. The molecule has 1 atom stereocenters. The number of halogens is 2. The van der Waals surface area contributed by atoms with Crippen LogP contribution < -0.4 is 5.32 Å². The lowest BCUT2D eigenvalue weighted by atomic mass is 9.94. The van der Waals surface area contributed by atoms with Crippen molar-refractivity contribution >= 4 is 35.0 Å². The van der Waals surface area contributed by atoms with Crippen molar-refractivity contribution in [2.75, 3.05) is 0 Å². The minimum Gasteiger partial charge on any atom is -0.352 e. The summed E-state index contributed by atoms with van der Waals surface area (Å²) in [5, 5.41) is 4.15. The first-order valence-electron chi connectivity index (χ1n) is 12.6. The first-order chi connectivity index (χ1) is 17.5. The van der Waals surface area contributed by atoms with Gasteiger partial charge in [-0.2, -0.15) is 0 Å². The highest BCUT2D eigenvalue weighted by molar-refractivity contribution is 6.36. The molecule has 0 spiro atoms. The number of carbonyl (C=O) groups is 2. The molecule has 188 valence electrons. The second-order valence-electron chi connectivity index (χ2n) is 9.43. The van der Waals surface area contributed by atoms with Gasteiger partial charge >= 0.3 is 0 Å². The smallest absolute Gasteiger partial charge is 0.243 e. The Morgan fingerprint density at radius 3 is 2.00 bits per heavy atom. The maximum absolute atomic E-state index is 13.9. The molecule has 1 aliphatic rings. The molecule has 2 amide bonds. The molecule has 6 heteroatoms. The summed E-state index contributed by atoms with van der Waals surface area (Å²) in [4.78, 5) is 29.4. The van der Waals surface area contributed by atoms with E-state index in [0.29, 0.717) is 28.6 Å². The minimum atomic E-state index is -0.664. The predicted molar refractivity (Wildman–Crippen MR) is 146 cm³/mol. The van der Waals surface area contributed by atoms with E-state index in [1.54, 1.807) is 23.1 Å². The molecule has 36 heavy (non-hydrogen) atoms. The van der Waals surface area contributed by atoms with Crippen molar-refractivity contribution in [2.24, 2.45) is 0 Å². The molecule has 0 radical (unpaired) electrons. The molecule has 0 saturated heterocycles. The Bertz CT molecular complexity index is 1130. The van der Waals surface area contributed by atoms with Crippen LogP contribution in [0.3, 0.4) is 0 Å². The summed E-state index contributed by atoms with van der Waals surface area (Å²) in [6, 6.07) is 24.3. The van der Waals surface area contributed by atoms with Crippen molar-refractivity contribution in [3.63, 3.8) is 0 Å². The molecule has 4 rings (SSSR count). The Hall–Kier alpha value is -2.82. The van der Waals surface area contributed by atoms with Gasteiger partial charge in [0.25, 0.3) is 0 Å². The van der Waals surface area contributed by atoms with Crippen LogP contribution in [0, 0.1) is 0 Å². The average Bonchev–Trinajstić information content (AvgIpc) is 2.90. The van der Waals surface area contributed by atoms with Gasteiger partial charge < -0.3 is 10.2 Å². The van der Waals surface area contributed by atoms with Gasteiger partial charge in [0.15, 0.2) is 0 Å². The lowest BCUT2D eigenvalue weighted by Crippen LogP contribution is -2.53. The number of carbonyl (C=O) groups excluding carboxylic acids is 2. The van der Waals surface area contributed by atoms with E-state index < -0.39 is 6.04 Å². The number of hydrogen-bond acceptors (Lipinski definition) is 2. The van der Waals surface area contributed by atoms with Crippen LogP contribution in [0.1, 0.15) is 48.8 Å². The molecule has 1 saturated carbocycles. The van der Waals surface area contributed by atoms with Gasteiger partial charge in [-0.15, -0.1) is 0 Å². The lowest BCUT2D eigenvalue weighted by molar-refractivity contribution is -0.141. The van der Waals surface area contributed by atoms with Crippen molar-refractivity contribution in [3.8, 4) is 0 Å². The van der Waals surface area contributed by atoms with Crippen LogP contribution in [0.2, 0.25) is 10.0 Å². The normalized spacial score (nSPS) is 14.7. The molecule has 1 unspecified atom stereocenters. The molecule has 1 N–H and O–H groups in total. The summed E-state index contributed by atoms with van der Waals surface area (Å²) in [7, 11) is 0. The van der Waals surface area contributed by atoms with Gasteiger partial charge in [-0.05, 0) is 41.7 Å². The highest BCUT2D eigenvalue weighted by Gasteiger charge is 2.32. The minimum absolute atomic E-state index is 0.0212. The number of nitrogens with zero attached hydrogens (tertiary/aromatic N) is 1. The molecule has 0 aliphatic heterocycles. The standard InChI is InChI=1S/C30H32Cl2N2O2/c31-26-17-10-18-27(32)25(26)20-29(35)34(21-23-13-6-2-7-14-23)28(19-22-11-4-1-5-12-22)30(36)33-24-15-8-3-9-16-24/h1-2,4-7,10-14,17-18,24,28H,3,8-9,15-16,19-21H2,(H,33,36). The van der Waals surface area contributed by atoms with Gasteiger partial charge in [-0.25, -0.2) is 0 Å². The van der Waals surface area contributed by atoms with E-state index in [4.69, 9.17) is 23.2 Å². The number of nitrogens with one attached hydrogen (secondary N) is 1. The van der Waals surface area contributed by atoms with Crippen LogP contribution in [-0.2, 0) is 29.0 Å². The summed E-state index contributed by atoms with van der Waals surface area (Å²) in [5.41, 5.74) is 2.54. The van der Waals surface area contributed by atoms with Gasteiger partial charge in [0.1, 0.15) is 6.04 Å². The fourth-order valence-electron chi connectivity index (χ4n) is 4.83. The van der Waals surface area contributed by atoms with Gasteiger partial charge in [-0.1, -0.05) is 109 Å². The van der Waals surface area contributed by atoms with Crippen LogP contribution >= 0.6 is 23.2 Å². The zero-order valence-corrected chi connectivity index (χ0v) is 21.8. The Morgan fingerprint density at radius 1 is 0.806 bits per heavy atom. The number of amides is 2. The third-order valence-corrected chi connectivity index (χ3v) is 7.52. The second kappa shape index (κ2) is 12.9. The third-order valence-electron chi connectivity index (χ3n) is 6.81. The van der Waals surface area contributed by atoms with Crippen molar-refractivity contribution < 1.29 is 9.59 Å². The van der Waals surface area contributed by atoms with E-state index in [0.717, 1.165) is 36.8 Å². The predicted octanol–water partition coefficient (Wildman–Crippen LogP) is 6.62. The lowest BCUT2D eigenvalue weighted by Gasteiger charge is -2.33. The molecule has 3 aromatic rings. The highest BCUT2D eigenvalue weighted by Crippen LogP contribution is 2.26. The summed E-state index contributed by atoms with van der Waals surface area (Å²) in [5.74, 6) is -0.297. The molecular formula is C30H32Cl2N2O2. The maximum atomic E-state index is 13.9. The van der Waals surface area contributed by atoms with E-state index in [1.807, 2.05) is 60.7 Å². The van der Waals surface area contributed by atoms with Crippen LogP contribution in [0.4, 0.5) is 0 Å². The Balaban J connectivity index is 1.66. The van der Waals surface area contributed by atoms with Crippen LogP contribution in [0.15, 0.2) is 78.9 Å². The van der Waals surface area contributed by atoms with Crippen LogP contribution in [0.25, 0.3) is 0 Å². The van der Waals surface area contributed by atoms with Crippen molar-refractivity contribution in [1.82, 2.24) is 10.2 Å². The second-order valence-corrected chi connectivity index (χ2v) is 10.2. The van der Waals surface area contributed by atoms with Gasteiger partial charge in [0.05, 0.1) is 6.42 Å². The maximum Gasteiger partial charge on any atom is 0.243 e. The first-order valence-corrected chi connectivity index (χ1v) is 13.4. The van der Waals surface area contributed by atoms with Crippen molar-refractivity contribution in [3.05, 3.63) is 106 Å². The largest absolute Gasteiger partial charge is 0.352 e. The number of benzene rings is 3. The van der Waals surface area contributed by atoms with E-state index in [-0.39, 0.29) is 24.3 Å². The van der Waals surface area contributed by atoms with E-state index >= 15 is 0 Å². The monoisotopic (exact) mass is 522 g/mol. The zero-order valence-electron chi connectivity index (χ0n) is 20.3. The highest BCUT2D eigenvalue weighted by atomic mass is 35.5. The third kappa shape index (κ3) is 7.11. The summed E-state index contributed by atoms with van der Waals surface area (Å²) in [6.07, 6.45) is 5.84. The summed E-state index contributed by atoms with van der Waals surface area (Å²) in [6.45, 7) is 0.317. The Labute approximate surface area is 223 Å². The molecule has 0 bridgehead atoms.